The van der Waals surface area contributed by atoms with Crippen molar-refractivity contribution in [2.75, 3.05) is 17.2 Å². The van der Waals surface area contributed by atoms with Crippen molar-refractivity contribution in [3.05, 3.63) is 59.7 Å². The lowest BCUT2D eigenvalue weighted by Crippen LogP contribution is -2.19. The Morgan fingerprint density at radius 1 is 1.00 bits per heavy atom. The number of rotatable bonds is 4. The van der Waals surface area contributed by atoms with Crippen LogP contribution in [0.4, 0.5) is 25.0 Å². The molecule has 2 rings (SSSR count). The molecule has 120 valence electrons. The molecule has 5 nitrogen and oxygen atoms in total. The van der Waals surface area contributed by atoms with Crippen LogP contribution < -0.4 is 10.6 Å². The molecule has 0 fully saturated rings. The molecule has 2 amide bonds. The molecule has 0 radical (unpaired) electrons. The summed E-state index contributed by atoms with van der Waals surface area (Å²) in [6.45, 7) is 1.93. The molecule has 0 bridgehead atoms. The first-order chi connectivity index (χ1) is 11.0. The Hall–Kier alpha value is -2.96. The van der Waals surface area contributed by atoms with Gasteiger partial charge in [-0.1, -0.05) is 6.07 Å². The van der Waals surface area contributed by atoms with Gasteiger partial charge in [0.1, 0.15) is 0 Å². The van der Waals surface area contributed by atoms with Gasteiger partial charge >= 0.3 is 12.0 Å². The molecule has 2 aromatic rings. The highest BCUT2D eigenvalue weighted by Gasteiger charge is 2.09. The van der Waals surface area contributed by atoms with Gasteiger partial charge in [-0.05, 0) is 37.3 Å². The Morgan fingerprint density at radius 3 is 2.35 bits per heavy atom. The second kappa shape index (κ2) is 7.35. The number of benzene rings is 2. The van der Waals surface area contributed by atoms with E-state index in [0.29, 0.717) is 5.69 Å². The molecule has 0 aliphatic heterocycles. The number of amides is 2. The lowest BCUT2D eigenvalue weighted by atomic mass is 10.2. The van der Waals surface area contributed by atoms with Crippen LogP contribution in [-0.2, 0) is 4.74 Å². The summed E-state index contributed by atoms with van der Waals surface area (Å²) in [5, 5.41) is 4.85. The zero-order chi connectivity index (χ0) is 16.8. The van der Waals surface area contributed by atoms with E-state index >= 15 is 0 Å². The minimum Gasteiger partial charge on any atom is -0.462 e. The largest absolute Gasteiger partial charge is 0.462 e. The van der Waals surface area contributed by atoms with Crippen LogP contribution in [0.25, 0.3) is 0 Å². The molecule has 0 aliphatic carbocycles. The fraction of sp³-hybridized carbons (Fsp3) is 0.125. The summed E-state index contributed by atoms with van der Waals surface area (Å²) in [6.07, 6.45) is 0. The number of urea groups is 1. The lowest BCUT2D eigenvalue weighted by molar-refractivity contribution is 0.0526. The smallest absolute Gasteiger partial charge is 0.338 e. The average molecular weight is 320 g/mol. The van der Waals surface area contributed by atoms with E-state index in [1.54, 1.807) is 25.1 Å². The van der Waals surface area contributed by atoms with Crippen molar-refractivity contribution in [3.8, 4) is 0 Å². The zero-order valence-corrected chi connectivity index (χ0v) is 12.2. The third-order valence-corrected chi connectivity index (χ3v) is 2.81. The monoisotopic (exact) mass is 320 g/mol. The molecule has 7 heteroatoms. The molecule has 0 unspecified atom stereocenters. The summed E-state index contributed by atoms with van der Waals surface area (Å²) in [4.78, 5) is 23.4. The number of anilines is 2. The van der Waals surface area contributed by atoms with Gasteiger partial charge < -0.3 is 15.4 Å². The maximum Gasteiger partial charge on any atom is 0.338 e. The summed E-state index contributed by atoms with van der Waals surface area (Å²) in [6, 6.07) is 8.51. The van der Waals surface area contributed by atoms with E-state index in [0.717, 1.165) is 12.1 Å². The normalized spacial score (nSPS) is 10.0. The van der Waals surface area contributed by atoms with Crippen molar-refractivity contribution in [2.24, 2.45) is 0 Å². The minimum atomic E-state index is -1.06. The maximum atomic E-state index is 13.1. The predicted molar refractivity (Wildman–Crippen MR) is 81.4 cm³/mol. The summed E-state index contributed by atoms with van der Waals surface area (Å²) >= 11 is 0. The van der Waals surface area contributed by atoms with E-state index in [1.165, 1.54) is 12.1 Å². The molecule has 23 heavy (non-hydrogen) atoms. The van der Waals surface area contributed by atoms with Crippen LogP contribution in [0.5, 0.6) is 0 Å². The molecule has 0 heterocycles. The Kier molecular flexibility index (Phi) is 5.24. The van der Waals surface area contributed by atoms with E-state index in [2.05, 4.69) is 10.6 Å². The van der Waals surface area contributed by atoms with E-state index in [9.17, 15) is 18.4 Å². The van der Waals surface area contributed by atoms with E-state index in [1.807, 2.05) is 0 Å². The molecule has 0 saturated heterocycles. The Labute approximate surface area is 131 Å². The maximum absolute atomic E-state index is 13.1. The number of hydrogen-bond donors (Lipinski definition) is 2. The summed E-state index contributed by atoms with van der Waals surface area (Å²) < 4.78 is 30.8. The molecule has 0 saturated carbocycles. The molecule has 0 aliphatic rings. The topological polar surface area (TPSA) is 67.4 Å². The summed E-state index contributed by atoms with van der Waals surface area (Å²) in [5.41, 5.74) is 0.746. The van der Waals surface area contributed by atoms with E-state index < -0.39 is 23.6 Å². The van der Waals surface area contributed by atoms with Crippen LogP contribution in [0.1, 0.15) is 17.3 Å². The van der Waals surface area contributed by atoms with Gasteiger partial charge in [0.15, 0.2) is 11.6 Å². The molecule has 0 atom stereocenters. The van der Waals surface area contributed by atoms with Crippen LogP contribution in [0.3, 0.4) is 0 Å². The molecule has 0 aromatic heterocycles. The number of nitrogens with one attached hydrogen (secondary N) is 2. The van der Waals surface area contributed by atoms with Crippen LogP contribution in [0.2, 0.25) is 0 Å². The second-order valence-corrected chi connectivity index (χ2v) is 4.51. The van der Waals surface area contributed by atoms with Crippen LogP contribution in [0, 0.1) is 11.6 Å². The Balaban J connectivity index is 2.03. The average Bonchev–Trinajstić information content (AvgIpc) is 2.51. The third-order valence-electron chi connectivity index (χ3n) is 2.81. The van der Waals surface area contributed by atoms with E-state index in [4.69, 9.17) is 4.74 Å². The number of halogens is 2. The Bertz CT molecular complexity index is 735. The number of ether oxygens (including phenoxy) is 1. The van der Waals surface area contributed by atoms with Gasteiger partial charge in [0, 0.05) is 17.4 Å². The van der Waals surface area contributed by atoms with Crippen LogP contribution in [-0.4, -0.2) is 18.6 Å². The van der Waals surface area contributed by atoms with Crippen molar-refractivity contribution in [3.63, 3.8) is 0 Å². The molecular weight excluding hydrogens is 306 g/mol. The van der Waals surface area contributed by atoms with Crippen molar-refractivity contribution < 1.29 is 23.1 Å². The zero-order valence-electron chi connectivity index (χ0n) is 12.2. The highest BCUT2D eigenvalue weighted by Crippen LogP contribution is 2.15. The van der Waals surface area contributed by atoms with Crippen LogP contribution in [0.15, 0.2) is 42.5 Å². The highest BCUT2D eigenvalue weighted by atomic mass is 19.2. The first-order valence-electron chi connectivity index (χ1n) is 6.80. The summed E-state index contributed by atoms with van der Waals surface area (Å²) in [7, 11) is 0. The van der Waals surface area contributed by atoms with Crippen molar-refractivity contribution in [1.29, 1.82) is 0 Å². The minimum absolute atomic E-state index is 0.1000. The van der Waals surface area contributed by atoms with Crippen molar-refractivity contribution in [1.82, 2.24) is 0 Å². The van der Waals surface area contributed by atoms with Gasteiger partial charge in [0.2, 0.25) is 0 Å². The fourth-order valence-electron chi connectivity index (χ4n) is 1.81. The van der Waals surface area contributed by atoms with Gasteiger partial charge in [-0.15, -0.1) is 0 Å². The second-order valence-electron chi connectivity index (χ2n) is 4.51. The lowest BCUT2D eigenvalue weighted by Gasteiger charge is -2.09. The number of hydrogen-bond acceptors (Lipinski definition) is 3. The van der Waals surface area contributed by atoms with Crippen molar-refractivity contribution in [2.45, 2.75) is 6.92 Å². The first-order valence-corrected chi connectivity index (χ1v) is 6.80. The quantitative estimate of drug-likeness (QED) is 0.842. The van der Waals surface area contributed by atoms with Gasteiger partial charge in [-0.25, -0.2) is 18.4 Å². The standard InChI is InChI=1S/C16H14F2N2O3/c1-2-23-15(21)10-4-3-5-11(8-10)19-16(22)20-12-6-7-13(17)14(18)9-12/h3-9H,2H2,1H3,(H2,19,20,22). The number of esters is 1. The van der Waals surface area contributed by atoms with Gasteiger partial charge in [-0.2, -0.15) is 0 Å². The number of carbonyl (C=O) groups is 2. The van der Waals surface area contributed by atoms with E-state index in [-0.39, 0.29) is 17.9 Å². The first kappa shape index (κ1) is 16.4. The van der Waals surface area contributed by atoms with Crippen LogP contribution >= 0.6 is 0 Å². The van der Waals surface area contributed by atoms with Gasteiger partial charge in [-0.3, -0.25) is 0 Å². The SMILES string of the molecule is CCOC(=O)c1cccc(NC(=O)Nc2ccc(F)c(F)c2)c1. The van der Waals surface area contributed by atoms with Gasteiger partial charge in [0.25, 0.3) is 0 Å². The number of carbonyl (C=O) groups excluding carboxylic acids is 2. The van der Waals surface area contributed by atoms with Crippen molar-refractivity contribution >= 4 is 23.4 Å². The third kappa shape index (κ3) is 4.50. The molecular formula is C16H14F2N2O3. The van der Waals surface area contributed by atoms with Gasteiger partial charge in [0.05, 0.1) is 12.2 Å². The highest BCUT2D eigenvalue weighted by molar-refractivity contribution is 6.00. The fourth-order valence-corrected chi connectivity index (χ4v) is 1.81. The Morgan fingerprint density at radius 2 is 1.70 bits per heavy atom. The predicted octanol–water partition coefficient (Wildman–Crippen LogP) is 3.79. The molecule has 2 aromatic carbocycles. The molecule has 0 spiro atoms. The molecule has 2 N–H and O–H groups in total. The summed E-state index contributed by atoms with van der Waals surface area (Å²) in [5.74, 6) is -2.57.